The molecule has 1 unspecified atom stereocenters. The van der Waals surface area contributed by atoms with Crippen molar-refractivity contribution < 1.29 is 9.47 Å². The third kappa shape index (κ3) is 1.62. The van der Waals surface area contributed by atoms with Crippen LogP contribution in [0.2, 0.25) is 0 Å². The van der Waals surface area contributed by atoms with E-state index in [0.717, 1.165) is 17.7 Å². The molecule has 0 radical (unpaired) electrons. The van der Waals surface area contributed by atoms with E-state index in [1.165, 1.54) is 0 Å². The van der Waals surface area contributed by atoms with Crippen LogP contribution in [-0.4, -0.2) is 12.7 Å². The Morgan fingerprint density at radius 2 is 2.07 bits per heavy atom. The summed E-state index contributed by atoms with van der Waals surface area (Å²) in [5.74, 6) is 0.954. The molecule has 1 aromatic carbocycles. The van der Waals surface area contributed by atoms with Gasteiger partial charge in [-0.2, -0.15) is 0 Å². The molecular formula is C12H16O2. The fourth-order valence-corrected chi connectivity index (χ4v) is 1.95. The molecule has 0 bridgehead atoms. The van der Waals surface area contributed by atoms with Crippen LogP contribution in [-0.2, 0) is 4.74 Å². The highest BCUT2D eigenvalue weighted by molar-refractivity contribution is 5.37. The van der Waals surface area contributed by atoms with Crippen molar-refractivity contribution in [3.8, 4) is 5.75 Å². The van der Waals surface area contributed by atoms with Crippen LogP contribution in [0.25, 0.3) is 0 Å². The van der Waals surface area contributed by atoms with Gasteiger partial charge >= 0.3 is 0 Å². The van der Waals surface area contributed by atoms with E-state index in [1.54, 1.807) is 7.11 Å². The van der Waals surface area contributed by atoms with Crippen LogP contribution in [0, 0.1) is 0 Å². The molecule has 0 spiro atoms. The van der Waals surface area contributed by atoms with E-state index in [2.05, 4.69) is 19.9 Å². The number of hydrogen-bond donors (Lipinski definition) is 0. The lowest BCUT2D eigenvalue weighted by atomic mass is 9.92. The van der Waals surface area contributed by atoms with Gasteiger partial charge in [0.15, 0.2) is 0 Å². The molecule has 1 aliphatic rings. The number of para-hydroxylation sites is 1. The zero-order chi connectivity index (χ0) is 10.2. The van der Waals surface area contributed by atoms with Crippen molar-refractivity contribution in [2.45, 2.75) is 32.0 Å². The van der Waals surface area contributed by atoms with Gasteiger partial charge in [0.25, 0.3) is 0 Å². The lowest BCUT2D eigenvalue weighted by molar-refractivity contribution is -0.0108. The highest BCUT2D eigenvalue weighted by atomic mass is 16.5. The maximum atomic E-state index is 5.87. The summed E-state index contributed by atoms with van der Waals surface area (Å²) in [5.41, 5.74) is 1.03. The normalized spacial score (nSPS) is 23.8. The molecule has 0 saturated carbocycles. The fraction of sp³-hybridized carbons (Fsp3) is 0.500. The monoisotopic (exact) mass is 192 g/mol. The van der Waals surface area contributed by atoms with E-state index in [9.17, 15) is 0 Å². The van der Waals surface area contributed by atoms with E-state index in [1.807, 2.05) is 18.2 Å². The average molecular weight is 192 g/mol. The lowest BCUT2D eigenvalue weighted by Crippen LogP contribution is -2.35. The van der Waals surface area contributed by atoms with Gasteiger partial charge in [0.1, 0.15) is 11.4 Å². The van der Waals surface area contributed by atoms with E-state index < -0.39 is 0 Å². The SMILES string of the molecule is COC1CC(C)(C)Oc2ccccc21. The van der Waals surface area contributed by atoms with E-state index in [0.29, 0.717) is 0 Å². The van der Waals surface area contributed by atoms with Crippen LogP contribution in [0.4, 0.5) is 0 Å². The summed E-state index contributed by atoms with van der Waals surface area (Å²) in [4.78, 5) is 0. The molecule has 1 atom stereocenters. The molecule has 2 heteroatoms. The van der Waals surface area contributed by atoms with Crippen molar-refractivity contribution in [1.82, 2.24) is 0 Å². The molecular weight excluding hydrogens is 176 g/mol. The van der Waals surface area contributed by atoms with Gasteiger partial charge < -0.3 is 9.47 Å². The van der Waals surface area contributed by atoms with Crippen LogP contribution < -0.4 is 4.74 Å². The number of rotatable bonds is 1. The van der Waals surface area contributed by atoms with Gasteiger partial charge in [-0.15, -0.1) is 0 Å². The molecule has 2 nitrogen and oxygen atoms in total. The lowest BCUT2D eigenvalue weighted by Gasteiger charge is -2.36. The van der Waals surface area contributed by atoms with Gasteiger partial charge in [-0.25, -0.2) is 0 Å². The minimum atomic E-state index is -0.130. The van der Waals surface area contributed by atoms with E-state index in [-0.39, 0.29) is 11.7 Å². The van der Waals surface area contributed by atoms with E-state index in [4.69, 9.17) is 9.47 Å². The summed E-state index contributed by atoms with van der Waals surface area (Å²) < 4.78 is 11.3. The topological polar surface area (TPSA) is 18.5 Å². The molecule has 1 heterocycles. The standard InChI is InChI=1S/C12H16O2/c1-12(2)8-11(13-3)9-6-4-5-7-10(9)14-12/h4-7,11H,8H2,1-3H3. The first kappa shape index (κ1) is 9.53. The Labute approximate surface area is 84.8 Å². The minimum Gasteiger partial charge on any atom is -0.487 e. The summed E-state index contributed by atoms with van der Waals surface area (Å²) in [5, 5.41) is 0. The maximum Gasteiger partial charge on any atom is 0.125 e. The molecule has 0 fully saturated rings. The second-order valence-electron chi connectivity index (χ2n) is 4.33. The predicted octanol–water partition coefficient (Wildman–Crippen LogP) is 2.94. The molecule has 0 saturated heterocycles. The Hall–Kier alpha value is -1.02. The first-order valence-corrected chi connectivity index (χ1v) is 4.93. The summed E-state index contributed by atoms with van der Waals surface area (Å²) in [7, 11) is 1.75. The van der Waals surface area contributed by atoms with Crippen molar-refractivity contribution in [1.29, 1.82) is 0 Å². The van der Waals surface area contributed by atoms with Gasteiger partial charge in [0.05, 0.1) is 6.10 Å². The Bertz CT molecular complexity index is 331. The zero-order valence-corrected chi connectivity index (χ0v) is 8.91. The third-order valence-electron chi connectivity index (χ3n) is 2.61. The second-order valence-corrected chi connectivity index (χ2v) is 4.33. The summed E-state index contributed by atoms with van der Waals surface area (Å²) in [6.45, 7) is 4.18. The average Bonchev–Trinajstić information content (AvgIpc) is 2.15. The van der Waals surface area contributed by atoms with Crippen molar-refractivity contribution in [3.63, 3.8) is 0 Å². The van der Waals surface area contributed by atoms with Crippen molar-refractivity contribution >= 4 is 0 Å². The van der Waals surface area contributed by atoms with Crippen LogP contribution in [0.5, 0.6) is 5.75 Å². The van der Waals surface area contributed by atoms with Gasteiger partial charge in [-0.05, 0) is 19.9 Å². The molecule has 0 aliphatic carbocycles. The summed E-state index contributed by atoms with van der Waals surface area (Å²) >= 11 is 0. The van der Waals surface area contributed by atoms with Crippen LogP contribution in [0.1, 0.15) is 31.9 Å². The highest BCUT2D eigenvalue weighted by Crippen LogP contribution is 2.40. The van der Waals surface area contributed by atoms with Crippen molar-refractivity contribution in [2.75, 3.05) is 7.11 Å². The molecule has 0 aromatic heterocycles. The van der Waals surface area contributed by atoms with Crippen molar-refractivity contribution in [2.24, 2.45) is 0 Å². The molecule has 1 aliphatic heterocycles. The number of fused-ring (bicyclic) bond motifs is 1. The highest BCUT2D eigenvalue weighted by Gasteiger charge is 2.33. The van der Waals surface area contributed by atoms with E-state index >= 15 is 0 Å². The maximum absolute atomic E-state index is 5.87. The Morgan fingerprint density at radius 3 is 2.79 bits per heavy atom. The van der Waals surface area contributed by atoms with Gasteiger partial charge in [0.2, 0.25) is 0 Å². The predicted molar refractivity (Wildman–Crippen MR) is 55.5 cm³/mol. The summed E-state index contributed by atoms with van der Waals surface area (Å²) in [6.07, 6.45) is 1.07. The zero-order valence-electron chi connectivity index (χ0n) is 8.91. The van der Waals surface area contributed by atoms with Crippen LogP contribution in [0.3, 0.4) is 0 Å². The number of ether oxygens (including phenoxy) is 2. The molecule has 1 aromatic rings. The van der Waals surface area contributed by atoms with Gasteiger partial charge in [-0.1, -0.05) is 18.2 Å². The molecule has 14 heavy (non-hydrogen) atoms. The first-order valence-electron chi connectivity index (χ1n) is 4.93. The second kappa shape index (κ2) is 3.28. The van der Waals surface area contributed by atoms with Crippen LogP contribution in [0.15, 0.2) is 24.3 Å². The first-order chi connectivity index (χ1) is 6.62. The summed E-state index contributed by atoms with van der Waals surface area (Å²) in [6, 6.07) is 8.08. The molecule has 2 rings (SSSR count). The van der Waals surface area contributed by atoms with Gasteiger partial charge in [0, 0.05) is 19.1 Å². The fourth-order valence-electron chi connectivity index (χ4n) is 1.95. The number of benzene rings is 1. The largest absolute Gasteiger partial charge is 0.487 e. The third-order valence-corrected chi connectivity index (χ3v) is 2.61. The Balaban J connectivity index is 2.41. The van der Waals surface area contributed by atoms with Crippen molar-refractivity contribution in [3.05, 3.63) is 29.8 Å². The number of methoxy groups -OCH3 is 1. The molecule has 0 amide bonds. The van der Waals surface area contributed by atoms with Gasteiger partial charge in [-0.3, -0.25) is 0 Å². The number of hydrogen-bond acceptors (Lipinski definition) is 2. The minimum absolute atomic E-state index is 0.130. The van der Waals surface area contributed by atoms with Crippen LogP contribution >= 0.6 is 0 Å². The Morgan fingerprint density at radius 1 is 1.36 bits per heavy atom. The smallest absolute Gasteiger partial charge is 0.125 e. The molecule has 0 N–H and O–H groups in total. The Kier molecular flexibility index (Phi) is 2.23. The molecule has 76 valence electrons. The quantitative estimate of drug-likeness (QED) is 0.681.